The summed E-state index contributed by atoms with van der Waals surface area (Å²) in [5.41, 5.74) is -0.523. The average molecular weight is 241 g/mol. The van der Waals surface area contributed by atoms with Gasteiger partial charge in [-0.05, 0) is 32.9 Å². The fourth-order valence-corrected chi connectivity index (χ4v) is 1.10. The van der Waals surface area contributed by atoms with Gasteiger partial charge in [0.15, 0.2) is 0 Å². The standard InChI is InChI=1S/C10H16BNO5/c1-10(2,3)17-9(13)12-6-7-4-5-8(16-7)11(14)15/h4-5,14-15H,6H2,1-3H3,(H,12,13). The van der Waals surface area contributed by atoms with Gasteiger partial charge in [0.1, 0.15) is 17.0 Å². The summed E-state index contributed by atoms with van der Waals surface area (Å²) < 4.78 is 10.1. The van der Waals surface area contributed by atoms with Crippen molar-refractivity contribution in [1.29, 1.82) is 0 Å². The smallest absolute Gasteiger partial charge is 0.468 e. The zero-order valence-corrected chi connectivity index (χ0v) is 10.1. The van der Waals surface area contributed by atoms with Gasteiger partial charge >= 0.3 is 13.2 Å². The molecule has 0 saturated carbocycles. The van der Waals surface area contributed by atoms with Crippen molar-refractivity contribution in [3.05, 3.63) is 17.9 Å². The number of ether oxygens (including phenoxy) is 1. The van der Waals surface area contributed by atoms with E-state index in [1.54, 1.807) is 26.8 Å². The van der Waals surface area contributed by atoms with Crippen LogP contribution in [0.5, 0.6) is 0 Å². The molecule has 0 aliphatic carbocycles. The maximum atomic E-state index is 11.3. The Labute approximate surface area is 99.7 Å². The van der Waals surface area contributed by atoms with E-state index in [-0.39, 0.29) is 12.2 Å². The third-order valence-corrected chi connectivity index (χ3v) is 1.74. The molecule has 6 nitrogen and oxygen atoms in total. The lowest BCUT2D eigenvalue weighted by Crippen LogP contribution is -2.32. The molecule has 17 heavy (non-hydrogen) atoms. The lowest BCUT2D eigenvalue weighted by molar-refractivity contribution is 0.0520. The van der Waals surface area contributed by atoms with Gasteiger partial charge in [-0.2, -0.15) is 0 Å². The number of alkyl carbamates (subject to hydrolysis) is 1. The molecule has 3 N–H and O–H groups in total. The molecular formula is C10H16BNO5. The molecule has 0 aliphatic heterocycles. The Balaban J connectivity index is 2.42. The van der Waals surface area contributed by atoms with Crippen molar-refractivity contribution in [2.45, 2.75) is 32.9 Å². The lowest BCUT2D eigenvalue weighted by Gasteiger charge is -2.19. The van der Waals surface area contributed by atoms with Gasteiger partial charge in [-0.3, -0.25) is 0 Å². The molecule has 0 atom stereocenters. The normalized spacial score (nSPS) is 11.1. The molecule has 0 bridgehead atoms. The Bertz CT molecular complexity index is 382. The van der Waals surface area contributed by atoms with Crippen LogP contribution in [-0.4, -0.2) is 28.9 Å². The molecule has 94 valence electrons. The predicted molar refractivity (Wildman–Crippen MR) is 61.6 cm³/mol. The summed E-state index contributed by atoms with van der Waals surface area (Å²) in [6, 6.07) is 2.98. The highest BCUT2D eigenvalue weighted by atomic mass is 16.6. The molecule has 7 heteroatoms. The monoisotopic (exact) mass is 241 g/mol. The van der Waals surface area contributed by atoms with Gasteiger partial charge in [-0.15, -0.1) is 0 Å². The minimum atomic E-state index is -1.65. The molecule has 1 heterocycles. The van der Waals surface area contributed by atoms with E-state index in [1.165, 1.54) is 6.07 Å². The molecular weight excluding hydrogens is 225 g/mol. The van der Waals surface area contributed by atoms with Crippen molar-refractivity contribution in [3.8, 4) is 0 Å². The molecule has 0 unspecified atom stereocenters. The van der Waals surface area contributed by atoms with Gasteiger partial charge in [0.2, 0.25) is 0 Å². The van der Waals surface area contributed by atoms with Crippen LogP contribution in [-0.2, 0) is 11.3 Å². The van der Waals surface area contributed by atoms with Gasteiger partial charge in [-0.1, -0.05) is 0 Å². The van der Waals surface area contributed by atoms with Crippen molar-refractivity contribution in [2.75, 3.05) is 0 Å². The van der Waals surface area contributed by atoms with E-state index in [0.717, 1.165) is 0 Å². The van der Waals surface area contributed by atoms with Crippen LogP contribution in [0.25, 0.3) is 0 Å². The van der Waals surface area contributed by atoms with Gasteiger partial charge < -0.3 is 24.5 Å². The number of hydrogen-bond acceptors (Lipinski definition) is 5. The SMILES string of the molecule is CC(C)(C)OC(=O)NCc1ccc(B(O)O)o1. The number of carbonyl (C=O) groups is 1. The summed E-state index contributed by atoms with van der Waals surface area (Å²) in [5.74, 6) is 0.416. The minimum absolute atomic E-state index is 0.0333. The summed E-state index contributed by atoms with van der Waals surface area (Å²) in [5, 5.41) is 20.1. The van der Waals surface area contributed by atoms with E-state index in [0.29, 0.717) is 5.76 Å². The first-order valence-corrected chi connectivity index (χ1v) is 5.19. The van der Waals surface area contributed by atoms with Crippen LogP contribution < -0.4 is 11.0 Å². The number of carbonyl (C=O) groups excluding carboxylic acids is 1. The second-order valence-corrected chi connectivity index (χ2v) is 4.53. The average Bonchev–Trinajstić information content (AvgIpc) is 2.60. The maximum absolute atomic E-state index is 11.3. The Hall–Kier alpha value is -1.47. The van der Waals surface area contributed by atoms with Gasteiger partial charge in [0, 0.05) is 0 Å². The highest BCUT2D eigenvalue weighted by Gasteiger charge is 2.18. The Kier molecular flexibility index (Phi) is 4.19. The van der Waals surface area contributed by atoms with Crippen molar-refractivity contribution in [2.24, 2.45) is 0 Å². The third-order valence-electron chi connectivity index (χ3n) is 1.74. The maximum Gasteiger partial charge on any atom is 0.526 e. The molecule has 0 spiro atoms. The minimum Gasteiger partial charge on any atom is -0.468 e. The quantitative estimate of drug-likeness (QED) is 0.647. The van der Waals surface area contributed by atoms with Crippen LogP contribution in [0.3, 0.4) is 0 Å². The topological polar surface area (TPSA) is 91.9 Å². The van der Waals surface area contributed by atoms with Crippen molar-refractivity contribution < 1.29 is 24.0 Å². The van der Waals surface area contributed by atoms with E-state index in [9.17, 15) is 4.79 Å². The van der Waals surface area contributed by atoms with Gasteiger partial charge in [0.25, 0.3) is 0 Å². The molecule has 1 aromatic rings. The summed E-state index contributed by atoms with van der Waals surface area (Å²) in [6.45, 7) is 5.42. The number of amides is 1. The second-order valence-electron chi connectivity index (χ2n) is 4.53. The van der Waals surface area contributed by atoms with E-state index >= 15 is 0 Å². The van der Waals surface area contributed by atoms with Crippen LogP contribution >= 0.6 is 0 Å². The van der Waals surface area contributed by atoms with Gasteiger partial charge in [0.05, 0.1) is 6.54 Å². The number of hydrogen-bond donors (Lipinski definition) is 3. The molecule has 0 aromatic carbocycles. The predicted octanol–water partition coefficient (Wildman–Crippen LogP) is -0.0159. The zero-order valence-electron chi connectivity index (χ0n) is 10.1. The molecule has 1 aromatic heterocycles. The summed E-state index contributed by atoms with van der Waals surface area (Å²) in [4.78, 5) is 11.3. The van der Waals surface area contributed by atoms with Crippen LogP contribution in [0.4, 0.5) is 4.79 Å². The highest BCUT2D eigenvalue weighted by molar-refractivity contribution is 6.56. The van der Waals surface area contributed by atoms with E-state index in [1.807, 2.05) is 0 Å². The van der Waals surface area contributed by atoms with Gasteiger partial charge in [-0.25, -0.2) is 4.79 Å². The molecule has 1 amide bonds. The lowest BCUT2D eigenvalue weighted by atomic mass is 9.88. The van der Waals surface area contributed by atoms with Crippen molar-refractivity contribution >= 4 is 18.9 Å². The third kappa shape index (κ3) is 4.92. The molecule has 0 fully saturated rings. The highest BCUT2D eigenvalue weighted by Crippen LogP contribution is 2.07. The fraction of sp³-hybridized carbons (Fsp3) is 0.500. The molecule has 0 radical (unpaired) electrons. The first-order valence-electron chi connectivity index (χ1n) is 5.19. The number of furan rings is 1. The van der Waals surface area contributed by atoms with Crippen LogP contribution in [0.2, 0.25) is 0 Å². The Morgan fingerprint density at radius 3 is 2.59 bits per heavy atom. The Morgan fingerprint density at radius 1 is 1.47 bits per heavy atom. The van der Waals surface area contributed by atoms with Crippen LogP contribution in [0, 0.1) is 0 Å². The largest absolute Gasteiger partial charge is 0.526 e. The van der Waals surface area contributed by atoms with Crippen molar-refractivity contribution in [1.82, 2.24) is 5.32 Å². The fourth-order valence-electron chi connectivity index (χ4n) is 1.10. The molecule has 0 aliphatic rings. The first-order chi connectivity index (χ1) is 7.78. The van der Waals surface area contributed by atoms with Crippen molar-refractivity contribution in [3.63, 3.8) is 0 Å². The van der Waals surface area contributed by atoms with Crippen LogP contribution in [0.1, 0.15) is 26.5 Å². The van der Waals surface area contributed by atoms with E-state index in [4.69, 9.17) is 19.2 Å². The summed E-state index contributed by atoms with van der Waals surface area (Å²) in [7, 11) is -1.65. The second kappa shape index (κ2) is 5.24. The molecule has 1 rings (SSSR count). The van der Waals surface area contributed by atoms with Crippen LogP contribution in [0.15, 0.2) is 16.5 Å². The molecule has 0 saturated heterocycles. The zero-order chi connectivity index (χ0) is 13.1. The number of rotatable bonds is 3. The van der Waals surface area contributed by atoms with E-state index < -0.39 is 18.8 Å². The number of nitrogens with one attached hydrogen (secondary N) is 1. The van der Waals surface area contributed by atoms with E-state index in [2.05, 4.69) is 5.32 Å². The summed E-state index contributed by atoms with van der Waals surface area (Å²) in [6.07, 6.45) is -0.556. The first kappa shape index (κ1) is 13.6. The Morgan fingerprint density at radius 2 is 2.12 bits per heavy atom. The summed E-state index contributed by atoms with van der Waals surface area (Å²) >= 11 is 0.